The number of azide groups is 1. The fourth-order valence-electron chi connectivity index (χ4n) is 0.876. The highest BCUT2D eigenvalue weighted by molar-refractivity contribution is 4.77. The molecular weight excluding hydrogens is 130 g/mol. The molecule has 0 bridgehead atoms. The van der Waals surface area contributed by atoms with Gasteiger partial charge < -0.3 is 4.74 Å². The van der Waals surface area contributed by atoms with E-state index in [1.54, 1.807) is 0 Å². The average Bonchev–Trinajstić information content (AvgIpc) is 2.71. The van der Waals surface area contributed by atoms with E-state index < -0.39 is 0 Å². The SMILES string of the molecule is CC[C@@H](C[C@H]1CO1)N=[N+]=[N-]. The molecule has 0 unspecified atom stereocenters. The Morgan fingerprint density at radius 1 is 1.90 bits per heavy atom. The van der Waals surface area contributed by atoms with E-state index in [9.17, 15) is 0 Å². The number of hydrogen-bond donors (Lipinski definition) is 0. The summed E-state index contributed by atoms with van der Waals surface area (Å²) < 4.78 is 5.00. The summed E-state index contributed by atoms with van der Waals surface area (Å²) in [4.78, 5) is 2.76. The molecule has 0 aromatic carbocycles. The predicted molar refractivity (Wildman–Crippen MR) is 37.6 cm³/mol. The standard InChI is InChI=1S/C6H11N3O/c1-2-5(8-9-7)3-6-4-10-6/h5-6H,2-4H2,1H3/t5-,6-/m0/s1. The zero-order chi connectivity index (χ0) is 7.40. The quantitative estimate of drug-likeness (QED) is 0.255. The number of hydrogen-bond acceptors (Lipinski definition) is 2. The molecule has 4 heteroatoms. The fourth-order valence-corrected chi connectivity index (χ4v) is 0.876. The maximum absolute atomic E-state index is 8.12. The van der Waals surface area contributed by atoms with Gasteiger partial charge in [0.1, 0.15) is 0 Å². The van der Waals surface area contributed by atoms with Crippen molar-refractivity contribution in [3.8, 4) is 0 Å². The summed E-state index contributed by atoms with van der Waals surface area (Å²) in [6, 6.07) is 0.137. The van der Waals surface area contributed by atoms with Crippen molar-refractivity contribution in [1.82, 2.24) is 0 Å². The van der Waals surface area contributed by atoms with Crippen LogP contribution in [-0.4, -0.2) is 18.8 Å². The number of rotatable bonds is 4. The van der Waals surface area contributed by atoms with E-state index >= 15 is 0 Å². The largest absolute Gasteiger partial charge is 0.373 e. The molecule has 1 aliphatic rings. The molecule has 4 nitrogen and oxygen atoms in total. The minimum absolute atomic E-state index is 0.137. The molecule has 0 aromatic heterocycles. The Balaban J connectivity index is 2.24. The van der Waals surface area contributed by atoms with E-state index in [1.807, 2.05) is 6.92 Å². The molecule has 0 amide bonds. The van der Waals surface area contributed by atoms with Gasteiger partial charge in [0.2, 0.25) is 0 Å². The summed E-state index contributed by atoms with van der Waals surface area (Å²) in [7, 11) is 0. The Hall–Kier alpha value is -0.730. The third-order valence-electron chi connectivity index (χ3n) is 1.62. The molecule has 0 N–H and O–H groups in total. The van der Waals surface area contributed by atoms with Gasteiger partial charge in [0.25, 0.3) is 0 Å². The second-order valence-corrected chi connectivity index (χ2v) is 2.46. The maximum Gasteiger partial charge on any atom is 0.0813 e. The highest BCUT2D eigenvalue weighted by Crippen LogP contribution is 2.18. The molecule has 1 rings (SSSR count). The molecule has 0 spiro atoms. The van der Waals surface area contributed by atoms with Crippen LogP contribution in [0.4, 0.5) is 0 Å². The molecule has 1 fully saturated rings. The lowest BCUT2D eigenvalue weighted by Crippen LogP contribution is -2.04. The Kier molecular flexibility index (Phi) is 2.54. The van der Waals surface area contributed by atoms with Crippen molar-refractivity contribution in [2.45, 2.75) is 31.9 Å². The first-order chi connectivity index (χ1) is 4.86. The molecule has 0 aliphatic carbocycles. The predicted octanol–water partition coefficient (Wildman–Crippen LogP) is 1.86. The second-order valence-electron chi connectivity index (χ2n) is 2.46. The normalized spacial score (nSPS) is 25.1. The van der Waals surface area contributed by atoms with Crippen molar-refractivity contribution < 1.29 is 4.74 Å². The highest BCUT2D eigenvalue weighted by Gasteiger charge is 2.25. The molecular formula is C6H11N3O. The van der Waals surface area contributed by atoms with Gasteiger partial charge in [-0.2, -0.15) is 0 Å². The highest BCUT2D eigenvalue weighted by atomic mass is 16.6. The van der Waals surface area contributed by atoms with Crippen molar-refractivity contribution in [2.24, 2.45) is 5.11 Å². The topological polar surface area (TPSA) is 61.3 Å². The van der Waals surface area contributed by atoms with Crippen LogP contribution in [0.25, 0.3) is 10.4 Å². The van der Waals surface area contributed by atoms with Crippen LogP contribution in [0.15, 0.2) is 5.11 Å². The minimum atomic E-state index is 0.137. The van der Waals surface area contributed by atoms with Crippen molar-refractivity contribution in [3.05, 3.63) is 10.4 Å². The Morgan fingerprint density at radius 2 is 2.60 bits per heavy atom. The Bertz CT molecular complexity index is 149. The smallest absolute Gasteiger partial charge is 0.0813 e. The van der Waals surface area contributed by atoms with E-state index in [-0.39, 0.29) is 6.04 Å². The third-order valence-corrected chi connectivity index (χ3v) is 1.62. The Morgan fingerprint density at radius 3 is 3.00 bits per heavy atom. The van der Waals surface area contributed by atoms with E-state index in [2.05, 4.69) is 10.0 Å². The molecule has 1 heterocycles. The second kappa shape index (κ2) is 3.44. The van der Waals surface area contributed by atoms with E-state index in [1.165, 1.54) is 0 Å². The first-order valence-corrected chi connectivity index (χ1v) is 3.52. The van der Waals surface area contributed by atoms with Crippen LogP contribution in [0.5, 0.6) is 0 Å². The maximum atomic E-state index is 8.12. The summed E-state index contributed by atoms with van der Waals surface area (Å²) in [5, 5.41) is 3.62. The molecule has 1 saturated heterocycles. The van der Waals surface area contributed by atoms with Gasteiger partial charge in [0, 0.05) is 11.0 Å². The van der Waals surface area contributed by atoms with Gasteiger partial charge in [-0.15, -0.1) is 0 Å². The van der Waals surface area contributed by atoms with Crippen LogP contribution in [0, 0.1) is 0 Å². The molecule has 0 aromatic rings. The average molecular weight is 141 g/mol. The third kappa shape index (κ3) is 2.25. The summed E-state index contributed by atoms with van der Waals surface area (Å²) in [6.07, 6.45) is 2.17. The van der Waals surface area contributed by atoms with Crippen LogP contribution < -0.4 is 0 Å². The first-order valence-electron chi connectivity index (χ1n) is 3.52. The summed E-state index contributed by atoms with van der Waals surface area (Å²) >= 11 is 0. The van der Waals surface area contributed by atoms with E-state index in [4.69, 9.17) is 10.3 Å². The van der Waals surface area contributed by atoms with Gasteiger partial charge in [-0.3, -0.25) is 0 Å². The van der Waals surface area contributed by atoms with Crippen molar-refractivity contribution in [2.75, 3.05) is 6.61 Å². The number of epoxide rings is 1. The zero-order valence-electron chi connectivity index (χ0n) is 6.03. The first kappa shape index (κ1) is 7.38. The van der Waals surface area contributed by atoms with E-state index in [0.717, 1.165) is 19.4 Å². The van der Waals surface area contributed by atoms with Crippen LogP contribution in [0.2, 0.25) is 0 Å². The van der Waals surface area contributed by atoms with Gasteiger partial charge >= 0.3 is 0 Å². The lowest BCUT2D eigenvalue weighted by Gasteiger charge is -2.02. The molecule has 0 radical (unpaired) electrons. The lowest BCUT2D eigenvalue weighted by molar-refractivity contribution is 0.377. The van der Waals surface area contributed by atoms with Gasteiger partial charge in [-0.1, -0.05) is 12.0 Å². The summed E-state index contributed by atoms with van der Waals surface area (Å²) in [6.45, 7) is 2.86. The Labute approximate surface area is 59.8 Å². The monoisotopic (exact) mass is 141 g/mol. The van der Waals surface area contributed by atoms with Crippen LogP contribution >= 0.6 is 0 Å². The lowest BCUT2D eigenvalue weighted by atomic mass is 10.1. The number of nitrogens with zero attached hydrogens (tertiary/aromatic N) is 3. The van der Waals surface area contributed by atoms with Crippen molar-refractivity contribution >= 4 is 0 Å². The van der Waals surface area contributed by atoms with E-state index in [0.29, 0.717) is 6.10 Å². The van der Waals surface area contributed by atoms with Crippen LogP contribution in [0.1, 0.15) is 19.8 Å². The summed E-state index contributed by atoms with van der Waals surface area (Å²) in [5.41, 5.74) is 8.12. The zero-order valence-corrected chi connectivity index (χ0v) is 6.03. The molecule has 2 atom stereocenters. The van der Waals surface area contributed by atoms with Crippen molar-refractivity contribution in [1.29, 1.82) is 0 Å². The van der Waals surface area contributed by atoms with Gasteiger partial charge in [0.05, 0.1) is 12.7 Å². The van der Waals surface area contributed by atoms with Gasteiger partial charge in [0.15, 0.2) is 0 Å². The summed E-state index contributed by atoms with van der Waals surface area (Å²) in [5.74, 6) is 0. The van der Waals surface area contributed by atoms with Crippen LogP contribution in [0.3, 0.4) is 0 Å². The van der Waals surface area contributed by atoms with Gasteiger partial charge in [-0.25, -0.2) is 0 Å². The molecule has 0 saturated carbocycles. The number of ether oxygens (including phenoxy) is 1. The van der Waals surface area contributed by atoms with Gasteiger partial charge in [-0.05, 0) is 18.4 Å². The molecule has 56 valence electrons. The van der Waals surface area contributed by atoms with Crippen molar-refractivity contribution in [3.63, 3.8) is 0 Å². The molecule has 10 heavy (non-hydrogen) atoms. The van der Waals surface area contributed by atoms with Crippen LogP contribution in [-0.2, 0) is 4.74 Å². The minimum Gasteiger partial charge on any atom is -0.373 e. The molecule has 1 aliphatic heterocycles. The fraction of sp³-hybridized carbons (Fsp3) is 1.00.